The lowest BCUT2D eigenvalue weighted by atomic mass is 10.1. The number of rotatable bonds is 7. The molecule has 0 aliphatic rings. The van der Waals surface area contributed by atoms with Gasteiger partial charge in [0.25, 0.3) is 11.5 Å². The van der Waals surface area contributed by atoms with Crippen LogP contribution in [0.2, 0.25) is 0 Å². The third-order valence-corrected chi connectivity index (χ3v) is 6.30. The molecule has 0 aliphatic heterocycles. The molecule has 7 heteroatoms. The number of fused-ring (bicyclic) bond motifs is 1. The molecule has 0 atom stereocenters. The molecule has 0 unspecified atom stereocenters. The Labute approximate surface area is 202 Å². The second kappa shape index (κ2) is 10.2. The van der Waals surface area contributed by atoms with Gasteiger partial charge in [-0.3, -0.25) is 14.2 Å². The third kappa shape index (κ3) is 5.37. The molecular formula is C27H26FN3O2S. The Morgan fingerprint density at radius 2 is 1.88 bits per heavy atom. The number of carbonyl (C=O) groups is 1. The van der Waals surface area contributed by atoms with Gasteiger partial charge < -0.3 is 5.32 Å². The quantitative estimate of drug-likeness (QED) is 0.283. The van der Waals surface area contributed by atoms with Crippen LogP contribution in [0.15, 0.2) is 76.7 Å². The first-order valence-electron chi connectivity index (χ1n) is 11.1. The van der Waals surface area contributed by atoms with E-state index in [1.54, 1.807) is 30.3 Å². The summed E-state index contributed by atoms with van der Waals surface area (Å²) in [5.74, 6) is 0.270. The predicted octanol–water partition coefficient (Wildman–Crippen LogP) is 5.51. The Morgan fingerprint density at radius 3 is 2.62 bits per heavy atom. The van der Waals surface area contributed by atoms with Crippen molar-refractivity contribution in [2.24, 2.45) is 5.92 Å². The van der Waals surface area contributed by atoms with Crippen LogP contribution in [0.25, 0.3) is 16.6 Å². The van der Waals surface area contributed by atoms with Gasteiger partial charge in [-0.05, 0) is 54.8 Å². The van der Waals surface area contributed by atoms with Crippen LogP contribution in [0.4, 0.5) is 4.39 Å². The van der Waals surface area contributed by atoms with E-state index in [4.69, 9.17) is 4.98 Å². The molecule has 3 aromatic carbocycles. The standard InChI is InChI=1S/C27H26FN3O2S/c1-17(2)15-29-25(32)20-10-11-23-24(13-20)30-27(34-16-19-7-4-6-18(3)12-19)31(26(23)33)22-9-5-8-21(28)14-22/h4-14,17H,15-16H2,1-3H3,(H,29,32). The molecule has 5 nitrogen and oxygen atoms in total. The van der Waals surface area contributed by atoms with Crippen molar-refractivity contribution in [2.45, 2.75) is 31.7 Å². The van der Waals surface area contributed by atoms with E-state index in [1.165, 1.54) is 28.5 Å². The van der Waals surface area contributed by atoms with Gasteiger partial charge in [0.1, 0.15) is 5.82 Å². The monoisotopic (exact) mass is 475 g/mol. The summed E-state index contributed by atoms with van der Waals surface area (Å²) in [6.45, 7) is 6.63. The highest BCUT2D eigenvalue weighted by Crippen LogP contribution is 2.25. The highest BCUT2D eigenvalue weighted by Gasteiger charge is 2.16. The molecule has 34 heavy (non-hydrogen) atoms. The van der Waals surface area contributed by atoms with E-state index in [0.29, 0.717) is 45.5 Å². The second-order valence-electron chi connectivity index (χ2n) is 8.63. The molecule has 0 spiro atoms. The molecule has 0 bridgehead atoms. The molecule has 4 rings (SSSR count). The van der Waals surface area contributed by atoms with Crippen molar-refractivity contribution in [2.75, 3.05) is 6.54 Å². The Hall–Kier alpha value is -3.45. The molecule has 0 fully saturated rings. The summed E-state index contributed by atoms with van der Waals surface area (Å²) in [7, 11) is 0. The summed E-state index contributed by atoms with van der Waals surface area (Å²) < 4.78 is 15.4. The summed E-state index contributed by atoms with van der Waals surface area (Å²) in [6.07, 6.45) is 0. The fourth-order valence-electron chi connectivity index (χ4n) is 3.60. The second-order valence-corrected chi connectivity index (χ2v) is 9.57. The molecule has 0 saturated heterocycles. The number of aryl methyl sites for hydroxylation is 1. The van der Waals surface area contributed by atoms with E-state index in [0.717, 1.165) is 11.1 Å². The largest absolute Gasteiger partial charge is 0.352 e. The average Bonchev–Trinajstić information content (AvgIpc) is 2.81. The lowest BCUT2D eigenvalue weighted by Gasteiger charge is -2.14. The molecule has 1 amide bonds. The number of carbonyl (C=O) groups excluding carboxylic acids is 1. The SMILES string of the molecule is Cc1cccc(CSc2nc3cc(C(=O)NCC(C)C)ccc3c(=O)n2-c2cccc(F)c2)c1. The van der Waals surface area contributed by atoms with Crippen molar-refractivity contribution in [3.8, 4) is 5.69 Å². The van der Waals surface area contributed by atoms with Gasteiger partial charge in [-0.15, -0.1) is 0 Å². The van der Waals surface area contributed by atoms with Crippen LogP contribution in [-0.4, -0.2) is 22.0 Å². The number of nitrogens with zero attached hydrogens (tertiary/aromatic N) is 2. The van der Waals surface area contributed by atoms with E-state index in [1.807, 2.05) is 39.0 Å². The van der Waals surface area contributed by atoms with Crippen molar-refractivity contribution >= 4 is 28.6 Å². The summed E-state index contributed by atoms with van der Waals surface area (Å²) >= 11 is 1.40. The topological polar surface area (TPSA) is 64.0 Å². The van der Waals surface area contributed by atoms with E-state index >= 15 is 0 Å². The maximum absolute atomic E-state index is 14.0. The number of aromatic nitrogens is 2. The molecule has 0 aliphatic carbocycles. The third-order valence-electron chi connectivity index (χ3n) is 5.29. The number of benzene rings is 3. The lowest BCUT2D eigenvalue weighted by molar-refractivity contribution is 0.0949. The minimum atomic E-state index is -0.434. The molecular weight excluding hydrogens is 449 g/mol. The lowest BCUT2D eigenvalue weighted by Crippen LogP contribution is -2.27. The molecule has 1 N–H and O–H groups in total. The van der Waals surface area contributed by atoms with Crippen molar-refractivity contribution < 1.29 is 9.18 Å². The summed E-state index contributed by atoms with van der Waals surface area (Å²) in [5.41, 5.74) is 3.21. The molecule has 174 valence electrons. The van der Waals surface area contributed by atoms with Gasteiger partial charge in [0.05, 0.1) is 16.6 Å². The van der Waals surface area contributed by atoms with E-state index in [2.05, 4.69) is 11.4 Å². The van der Waals surface area contributed by atoms with E-state index in [-0.39, 0.29) is 11.5 Å². The minimum Gasteiger partial charge on any atom is -0.352 e. The minimum absolute atomic E-state index is 0.208. The first kappa shape index (κ1) is 23.7. The number of hydrogen-bond acceptors (Lipinski definition) is 4. The first-order chi connectivity index (χ1) is 16.3. The Kier molecular flexibility index (Phi) is 7.12. The molecule has 1 heterocycles. The Bertz CT molecular complexity index is 1410. The highest BCUT2D eigenvalue weighted by molar-refractivity contribution is 7.98. The fourth-order valence-corrected chi connectivity index (χ4v) is 4.55. The van der Waals surface area contributed by atoms with Gasteiger partial charge >= 0.3 is 0 Å². The molecule has 0 radical (unpaired) electrons. The van der Waals surface area contributed by atoms with Gasteiger partial charge in [0.2, 0.25) is 0 Å². The van der Waals surface area contributed by atoms with Gasteiger partial charge in [-0.25, -0.2) is 9.37 Å². The van der Waals surface area contributed by atoms with Crippen molar-refractivity contribution in [1.82, 2.24) is 14.9 Å². The summed E-state index contributed by atoms with van der Waals surface area (Å²) in [4.78, 5) is 30.8. The molecule has 4 aromatic rings. The molecule has 0 saturated carbocycles. The number of thioether (sulfide) groups is 1. The Morgan fingerprint density at radius 1 is 1.09 bits per heavy atom. The Balaban J connectivity index is 1.80. The van der Waals surface area contributed by atoms with Crippen LogP contribution < -0.4 is 10.9 Å². The first-order valence-corrected chi connectivity index (χ1v) is 12.1. The predicted molar refractivity (Wildman–Crippen MR) is 135 cm³/mol. The normalized spacial score (nSPS) is 11.2. The maximum Gasteiger partial charge on any atom is 0.266 e. The summed E-state index contributed by atoms with van der Waals surface area (Å²) in [6, 6.07) is 18.9. The van der Waals surface area contributed by atoms with Gasteiger partial charge in [0.15, 0.2) is 5.16 Å². The van der Waals surface area contributed by atoms with Gasteiger partial charge in [-0.2, -0.15) is 0 Å². The number of halogens is 1. The fraction of sp³-hybridized carbons (Fsp3) is 0.222. The zero-order chi connectivity index (χ0) is 24.2. The van der Waals surface area contributed by atoms with Crippen LogP contribution in [0.3, 0.4) is 0 Å². The van der Waals surface area contributed by atoms with Crippen LogP contribution in [0, 0.1) is 18.7 Å². The molecule has 1 aromatic heterocycles. The highest BCUT2D eigenvalue weighted by atomic mass is 32.2. The van der Waals surface area contributed by atoms with Crippen molar-refractivity contribution in [3.05, 3.63) is 99.6 Å². The van der Waals surface area contributed by atoms with E-state index < -0.39 is 5.82 Å². The van der Waals surface area contributed by atoms with Crippen LogP contribution in [0.5, 0.6) is 0 Å². The average molecular weight is 476 g/mol. The number of hydrogen-bond donors (Lipinski definition) is 1. The van der Waals surface area contributed by atoms with Crippen molar-refractivity contribution in [3.63, 3.8) is 0 Å². The maximum atomic E-state index is 14.0. The van der Waals surface area contributed by atoms with Crippen LogP contribution in [-0.2, 0) is 5.75 Å². The van der Waals surface area contributed by atoms with Crippen molar-refractivity contribution in [1.29, 1.82) is 0 Å². The summed E-state index contributed by atoms with van der Waals surface area (Å²) in [5, 5.41) is 3.69. The van der Waals surface area contributed by atoms with Gasteiger partial charge in [-0.1, -0.05) is 61.5 Å². The zero-order valence-electron chi connectivity index (χ0n) is 19.3. The number of nitrogens with one attached hydrogen (secondary N) is 1. The van der Waals surface area contributed by atoms with E-state index in [9.17, 15) is 14.0 Å². The zero-order valence-corrected chi connectivity index (χ0v) is 20.2. The van der Waals surface area contributed by atoms with Crippen LogP contribution >= 0.6 is 11.8 Å². The van der Waals surface area contributed by atoms with Crippen LogP contribution in [0.1, 0.15) is 35.3 Å². The smallest absolute Gasteiger partial charge is 0.266 e. The van der Waals surface area contributed by atoms with Gasteiger partial charge in [0, 0.05) is 17.9 Å². The number of amides is 1.